The maximum atomic E-state index is 13.1. The van der Waals surface area contributed by atoms with E-state index in [-0.39, 0.29) is 11.9 Å². The number of amides is 1. The van der Waals surface area contributed by atoms with Crippen molar-refractivity contribution in [1.29, 1.82) is 0 Å². The third kappa shape index (κ3) is 2.14. The van der Waals surface area contributed by atoms with Gasteiger partial charge in [-0.3, -0.25) is 9.69 Å². The number of para-hydroxylation sites is 1. The highest BCUT2D eigenvalue weighted by Crippen LogP contribution is 2.38. The average molecular weight is 305 g/mol. The second kappa shape index (κ2) is 5.43. The molecule has 3 heteroatoms. The van der Waals surface area contributed by atoms with Gasteiger partial charge in [-0.05, 0) is 41.6 Å². The van der Waals surface area contributed by atoms with Gasteiger partial charge in [0, 0.05) is 16.1 Å². The predicted molar refractivity (Wildman–Crippen MR) is 90.5 cm³/mol. The molecule has 0 radical (unpaired) electrons. The van der Waals surface area contributed by atoms with Crippen molar-refractivity contribution < 1.29 is 4.79 Å². The minimum atomic E-state index is 0.0739. The molecule has 0 saturated carbocycles. The van der Waals surface area contributed by atoms with Crippen LogP contribution in [0.15, 0.2) is 72.1 Å². The largest absolute Gasteiger partial charge is 0.300 e. The van der Waals surface area contributed by atoms with Crippen molar-refractivity contribution in [2.45, 2.75) is 12.5 Å². The number of fused-ring (bicyclic) bond motifs is 1. The lowest BCUT2D eigenvalue weighted by Crippen LogP contribution is -2.40. The first-order valence-corrected chi connectivity index (χ1v) is 8.22. The van der Waals surface area contributed by atoms with Crippen LogP contribution in [0.2, 0.25) is 0 Å². The Morgan fingerprint density at radius 1 is 0.909 bits per heavy atom. The predicted octanol–water partition coefficient (Wildman–Crippen LogP) is 4.69. The first-order valence-electron chi connectivity index (χ1n) is 7.34. The Morgan fingerprint density at radius 2 is 1.68 bits per heavy atom. The lowest BCUT2D eigenvalue weighted by atomic mass is 9.92. The van der Waals surface area contributed by atoms with Crippen LogP contribution in [0.5, 0.6) is 0 Å². The molecule has 1 atom stereocenters. The second-order valence-corrected chi connectivity index (χ2v) is 6.38. The molecule has 1 amide bonds. The Bertz CT molecular complexity index is 795. The number of rotatable bonds is 2. The summed E-state index contributed by atoms with van der Waals surface area (Å²) in [6.07, 6.45) is 0.858. The Kier molecular flexibility index (Phi) is 3.28. The summed E-state index contributed by atoms with van der Waals surface area (Å²) in [5.41, 5.74) is 2.91. The first-order chi connectivity index (χ1) is 10.8. The zero-order chi connectivity index (χ0) is 14.9. The number of hydrogen-bond donors (Lipinski definition) is 0. The van der Waals surface area contributed by atoms with Gasteiger partial charge in [-0.2, -0.15) is 0 Å². The summed E-state index contributed by atoms with van der Waals surface area (Å²) in [7, 11) is 0. The Balaban J connectivity index is 1.87. The number of carbonyl (C=O) groups excluding carboxylic acids is 1. The second-order valence-electron chi connectivity index (χ2n) is 5.40. The van der Waals surface area contributed by atoms with Crippen molar-refractivity contribution >= 4 is 22.9 Å². The molecule has 1 aromatic heterocycles. The summed E-state index contributed by atoms with van der Waals surface area (Å²) >= 11 is 1.71. The van der Waals surface area contributed by atoms with Crippen molar-refractivity contribution in [3.05, 3.63) is 88.1 Å². The molecule has 1 aliphatic heterocycles. The fraction of sp³-hybridized carbons (Fsp3) is 0.105. The summed E-state index contributed by atoms with van der Waals surface area (Å²) in [4.78, 5) is 16.2. The third-order valence-corrected chi connectivity index (χ3v) is 5.07. The van der Waals surface area contributed by atoms with Crippen LogP contribution in [0.25, 0.3) is 0 Å². The fourth-order valence-corrected chi connectivity index (χ4v) is 3.89. The number of anilines is 1. The van der Waals surface area contributed by atoms with Crippen LogP contribution in [-0.2, 0) is 6.42 Å². The summed E-state index contributed by atoms with van der Waals surface area (Å²) < 4.78 is 0. The number of thiophene rings is 1. The first kappa shape index (κ1) is 13.3. The van der Waals surface area contributed by atoms with Gasteiger partial charge in [0.1, 0.15) is 0 Å². The number of nitrogens with zero attached hydrogens (tertiary/aromatic N) is 1. The third-order valence-electron chi connectivity index (χ3n) is 4.10. The molecule has 4 rings (SSSR count). The van der Waals surface area contributed by atoms with Crippen LogP contribution >= 0.6 is 11.3 Å². The molecule has 0 aliphatic carbocycles. The van der Waals surface area contributed by atoms with Gasteiger partial charge in [0.15, 0.2) is 0 Å². The van der Waals surface area contributed by atoms with E-state index in [0.29, 0.717) is 0 Å². The normalized spacial score (nSPS) is 17.4. The molecule has 1 aliphatic rings. The zero-order valence-corrected chi connectivity index (χ0v) is 12.8. The van der Waals surface area contributed by atoms with Crippen LogP contribution in [-0.4, -0.2) is 5.91 Å². The molecule has 0 saturated heterocycles. The smallest absolute Gasteiger partial charge is 0.259 e. The minimum Gasteiger partial charge on any atom is -0.300 e. The Labute approximate surface area is 133 Å². The molecule has 2 heterocycles. The highest BCUT2D eigenvalue weighted by molar-refractivity contribution is 7.10. The van der Waals surface area contributed by atoms with Gasteiger partial charge in [-0.1, -0.05) is 42.5 Å². The molecule has 0 spiro atoms. The van der Waals surface area contributed by atoms with E-state index in [4.69, 9.17) is 0 Å². The van der Waals surface area contributed by atoms with E-state index in [2.05, 4.69) is 17.5 Å². The van der Waals surface area contributed by atoms with E-state index in [0.717, 1.165) is 23.2 Å². The molecule has 3 aromatic rings. The van der Waals surface area contributed by atoms with Gasteiger partial charge in [-0.25, -0.2) is 0 Å². The minimum absolute atomic E-state index is 0.0739. The summed E-state index contributed by atoms with van der Waals surface area (Å²) in [6.45, 7) is 0. The molecule has 22 heavy (non-hydrogen) atoms. The molecular formula is C19H15NOS. The van der Waals surface area contributed by atoms with E-state index in [1.54, 1.807) is 11.3 Å². The summed E-state index contributed by atoms with van der Waals surface area (Å²) in [5, 5.41) is 2.07. The van der Waals surface area contributed by atoms with Crippen LogP contribution in [0.4, 0.5) is 5.69 Å². The molecule has 108 valence electrons. The zero-order valence-electron chi connectivity index (χ0n) is 12.0. The van der Waals surface area contributed by atoms with Crippen LogP contribution in [0.3, 0.4) is 0 Å². The molecule has 1 unspecified atom stereocenters. The highest BCUT2D eigenvalue weighted by atomic mass is 32.1. The van der Waals surface area contributed by atoms with Crippen molar-refractivity contribution in [3.8, 4) is 0 Å². The average Bonchev–Trinajstić information content (AvgIpc) is 3.10. The number of hydrogen-bond acceptors (Lipinski definition) is 2. The highest BCUT2D eigenvalue weighted by Gasteiger charge is 2.34. The van der Waals surface area contributed by atoms with E-state index < -0.39 is 0 Å². The van der Waals surface area contributed by atoms with E-state index in [1.807, 2.05) is 59.5 Å². The van der Waals surface area contributed by atoms with E-state index >= 15 is 0 Å². The van der Waals surface area contributed by atoms with Crippen LogP contribution < -0.4 is 4.90 Å². The topological polar surface area (TPSA) is 20.3 Å². The molecule has 0 fully saturated rings. The van der Waals surface area contributed by atoms with Gasteiger partial charge in [0.05, 0.1) is 6.04 Å². The maximum Gasteiger partial charge on any atom is 0.259 e. The fourth-order valence-electron chi connectivity index (χ4n) is 3.07. The lowest BCUT2D eigenvalue weighted by Gasteiger charge is -2.36. The maximum absolute atomic E-state index is 13.1. The SMILES string of the molecule is O=C1c2ccccc2CC(c2cccs2)N1c1ccccc1. The number of benzene rings is 2. The molecular weight excluding hydrogens is 290 g/mol. The molecule has 0 bridgehead atoms. The van der Waals surface area contributed by atoms with Crippen molar-refractivity contribution in [1.82, 2.24) is 0 Å². The van der Waals surface area contributed by atoms with Gasteiger partial charge < -0.3 is 0 Å². The van der Waals surface area contributed by atoms with Crippen molar-refractivity contribution in [2.24, 2.45) is 0 Å². The van der Waals surface area contributed by atoms with Gasteiger partial charge >= 0.3 is 0 Å². The Hall–Kier alpha value is -2.39. The van der Waals surface area contributed by atoms with Crippen LogP contribution in [0.1, 0.15) is 26.8 Å². The van der Waals surface area contributed by atoms with Crippen molar-refractivity contribution in [2.75, 3.05) is 4.90 Å². The Morgan fingerprint density at radius 3 is 2.45 bits per heavy atom. The summed E-state index contributed by atoms with van der Waals surface area (Å²) in [6, 6.07) is 22.1. The quantitative estimate of drug-likeness (QED) is 0.672. The molecule has 2 aromatic carbocycles. The van der Waals surface area contributed by atoms with Gasteiger partial charge in [0.25, 0.3) is 5.91 Å². The van der Waals surface area contributed by atoms with Gasteiger partial charge in [0.2, 0.25) is 0 Å². The van der Waals surface area contributed by atoms with Gasteiger partial charge in [-0.15, -0.1) is 11.3 Å². The van der Waals surface area contributed by atoms with E-state index in [1.165, 1.54) is 4.88 Å². The monoisotopic (exact) mass is 305 g/mol. The number of carbonyl (C=O) groups is 1. The van der Waals surface area contributed by atoms with Crippen molar-refractivity contribution in [3.63, 3.8) is 0 Å². The van der Waals surface area contributed by atoms with Crippen LogP contribution in [0, 0.1) is 0 Å². The molecule has 0 N–H and O–H groups in total. The standard InChI is InChI=1S/C19H15NOS/c21-19-16-10-5-4-7-14(16)13-17(18-11-6-12-22-18)20(19)15-8-2-1-3-9-15/h1-12,17H,13H2. The lowest BCUT2D eigenvalue weighted by molar-refractivity contribution is 0.0967. The molecule has 2 nitrogen and oxygen atoms in total. The van der Waals surface area contributed by atoms with E-state index in [9.17, 15) is 4.79 Å². The summed E-state index contributed by atoms with van der Waals surface area (Å²) in [5.74, 6) is 0.0893.